The Kier molecular flexibility index (Phi) is 4.34. The van der Waals surface area contributed by atoms with Gasteiger partial charge in [0, 0.05) is 18.7 Å². The van der Waals surface area contributed by atoms with E-state index >= 15 is 0 Å². The first-order valence-electron chi connectivity index (χ1n) is 7.12. The van der Waals surface area contributed by atoms with E-state index in [1.54, 1.807) is 18.2 Å². The first-order chi connectivity index (χ1) is 11.7. The maximum atomic E-state index is 11.1. The lowest BCUT2D eigenvalue weighted by molar-refractivity contribution is -0.384. The average molecular weight is 327 g/mol. The van der Waals surface area contributed by atoms with Crippen LogP contribution in [0.2, 0.25) is 0 Å². The largest absolute Gasteiger partial charge is 0.492 e. The molecule has 24 heavy (non-hydrogen) atoms. The van der Waals surface area contributed by atoms with E-state index in [2.05, 4.69) is 5.32 Å². The van der Waals surface area contributed by atoms with Crippen molar-refractivity contribution in [1.29, 1.82) is 5.26 Å². The second-order valence-electron chi connectivity index (χ2n) is 4.89. The Balaban J connectivity index is 1.57. The number of rotatable bonds is 6. The van der Waals surface area contributed by atoms with E-state index in [1.165, 1.54) is 18.2 Å². The molecule has 8 heteroatoms. The van der Waals surface area contributed by atoms with E-state index in [9.17, 15) is 10.1 Å². The highest BCUT2D eigenvalue weighted by Crippen LogP contribution is 2.35. The van der Waals surface area contributed by atoms with Crippen LogP contribution in [0.1, 0.15) is 5.56 Å². The van der Waals surface area contributed by atoms with Crippen LogP contribution in [0.4, 0.5) is 11.4 Å². The van der Waals surface area contributed by atoms with Crippen LogP contribution in [0, 0.1) is 21.4 Å². The summed E-state index contributed by atoms with van der Waals surface area (Å²) in [5.74, 6) is 1.92. The molecule has 0 unspecified atom stereocenters. The number of nitrogens with one attached hydrogen (secondary N) is 1. The molecule has 122 valence electrons. The van der Waals surface area contributed by atoms with Crippen LogP contribution in [-0.2, 0) is 0 Å². The smallest absolute Gasteiger partial charge is 0.293 e. The molecule has 8 nitrogen and oxygen atoms in total. The van der Waals surface area contributed by atoms with Gasteiger partial charge >= 0.3 is 0 Å². The van der Waals surface area contributed by atoms with Gasteiger partial charge in [-0.15, -0.1) is 0 Å². The average Bonchev–Trinajstić information content (AvgIpc) is 3.06. The Bertz CT molecular complexity index is 816. The molecule has 0 atom stereocenters. The standard InChI is InChI=1S/C16H13N3O5/c17-9-11-1-3-13(14(7-11)19(20)21)18-5-6-22-12-2-4-15-16(8-12)24-10-23-15/h1-4,7-8,18H,5-6,10H2. The minimum Gasteiger partial charge on any atom is -0.492 e. The zero-order valence-corrected chi connectivity index (χ0v) is 12.5. The lowest BCUT2D eigenvalue weighted by atomic mass is 10.2. The van der Waals surface area contributed by atoms with Crippen molar-refractivity contribution >= 4 is 11.4 Å². The van der Waals surface area contributed by atoms with Gasteiger partial charge in [0.15, 0.2) is 11.5 Å². The minimum atomic E-state index is -0.526. The zero-order chi connectivity index (χ0) is 16.9. The molecule has 2 aromatic rings. The number of fused-ring (bicyclic) bond motifs is 1. The highest BCUT2D eigenvalue weighted by molar-refractivity contribution is 5.64. The normalized spacial score (nSPS) is 11.6. The number of nitro groups is 1. The van der Waals surface area contributed by atoms with Crippen LogP contribution in [-0.4, -0.2) is 24.9 Å². The molecule has 1 N–H and O–H groups in total. The topological polar surface area (TPSA) is 107 Å². The van der Waals surface area contributed by atoms with E-state index in [1.807, 2.05) is 6.07 Å². The van der Waals surface area contributed by atoms with Gasteiger partial charge in [0.05, 0.1) is 16.6 Å². The summed E-state index contributed by atoms with van der Waals surface area (Å²) in [5, 5.41) is 22.8. The molecule has 1 aliphatic heterocycles. The van der Waals surface area contributed by atoms with Crippen LogP contribution in [0.3, 0.4) is 0 Å². The summed E-state index contributed by atoms with van der Waals surface area (Å²) in [7, 11) is 0. The van der Waals surface area contributed by atoms with Crippen molar-refractivity contribution in [2.24, 2.45) is 0 Å². The molecule has 2 aromatic carbocycles. The Morgan fingerprint density at radius 3 is 2.88 bits per heavy atom. The fourth-order valence-electron chi connectivity index (χ4n) is 2.22. The molecule has 3 rings (SSSR count). The predicted octanol–water partition coefficient (Wildman–Crippen LogP) is 2.69. The molecule has 0 bridgehead atoms. The molecule has 0 fully saturated rings. The number of benzene rings is 2. The highest BCUT2D eigenvalue weighted by atomic mass is 16.7. The minimum absolute atomic E-state index is 0.142. The Labute approximate surface area is 137 Å². The Morgan fingerprint density at radius 1 is 1.25 bits per heavy atom. The van der Waals surface area contributed by atoms with E-state index in [0.717, 1.165) is 0 Å². The van der Waals surface area contributed by atoms with Gasteiger partial charge in [-0.1, -0.05) is 0 Å². The van der Waals surface area contributed by atoms with Gasteiger partial charge in [-0.05, 0) is 24.3 Å². The maximum Gasteiger partial charge on any atom is 0.293 e. The zero-order valence-electron chi connectivity index (χ0n) is 12.5. The fourth-order valence-corrected chi connectivity index (χ4v) is 2.22. The van der Waals surface area contributed by atoms with Gasteiger partial charge < -0.3 is 19.5 Å². The van der Waals surface area contributed by atoms with Gasteiger partial charge in [0.1, 0.15) is 18.0 Å². The van der Waals surface area contributed by atoms with Crippen molar-refractivity contribution in [3.63, 3.8) is 0 Å². The summed E-state index contributed by atoms with van der Waals surface area (Å²) in [6.45, 7) is 0.862. The predicted molar refractivity (Wildman–Crippen MR) is 84.4 cm³/mol. The summed E-state index contributed by atoms with van der Waals surface area (Å²) in [4.78, 5) is 10.5. The summed E-state index contributed by atoms with van der Waals surface area (Å²) in [6, 6.07) is 11.4. The van der Waals surface area contributed by atoms with Crippen molar-refractivity contribution in [3.8, 4) is 23.3 Å². The third-order valence-electron chi connectivity index (χ3n) is 3.35. The van der Waals surface area contributed by atoms with Crippen molar-refractivity contribution in [2.45, 2.75) is 0 Å². The van der Waals surface area contributed by atoms with Gasteiger partial charge in [0.2, 0.25) is 6.79 Å². The van der Waals surface area contributed by atoms with Crippen LogP contribution < -0.4 is 19.5 Å². The number of nitriles is 1. The first-order valence-corrected chi connectivity index (χ1v) is 7.12. The molecule has 1 aliphatic rings. The van der Waals surface area contributed by atoms with Crippen LogP contribution in [0.15, 0.2) is 36.4 Å². The molecule has 0 saturated heterocycles. The van der Waals surface area contributed by atoms with Gasteiger partial charge in [-0.25, -0.2) is 0 Å². The quantitative estimate of drug-likeness (QED) is 0.494. The lowest BCUT2D eigenvalue weighted by Gasteiger charge is -2.09. The summed E-state index contributed by atoms with van der Waals surface area (Å²) < 4.78 is 16.1. The van der Waals surface area contributed by atoms with Crippen molar-refractivity contribution in [3.05, 3.63) is 52.1 Å². The van der Waals surface area contributed by atoms with Gasteiger partial charge in [-0.2, -0.15) is 5.26 Å². The van der Waals surface area contributed by atoms with E-state index < -0.39 is 4.92 Å². The van der Waals surface area contributed by atoms with Crippen LogP contribution in [0.25, 0.3) is 0 Å². The monoisotopic (exact) mass is 327 g/mol. The van der Waals surface area contributed by atoms with E-state index in [0.29, 0.717) is 36.1 Å². The van der Waals surface area contributed by atoms with Crippen LogP contribution in [0.5, 0.6) is 17.2 Å². The van der Waals surface area contributed by atoms with E-state index in [4.69, 9.17) is 19.5 Å². The summed E-state index contributed by atoms with van der Waals surface area (Å²) >= 11 is 0. The van der Waals surface area contributed by atoms with Crippen molar-refractivity contribution in [2.75, 3.05) is 25.3 Å². The summed E-state index contributed by atoms with van der Waals surface area (Å²) in [5.41, 5.74) is 0.439. The second kappa shape index (κ2) is 6.75. The third-order valence-corrected chi connectivity index (χ3v) is 3.35. The molecule has 0 spiro atoms. The number of ether oxygens (including phenoxy) is 3. The van der Waals surface area contributed by atoms with E-state index in [-0.39, 0.29) is 18.0 Å². The number of hydrogen-bond acceptors (Lipinski definition) is 7. The number of nitrogens with zero attached hydrogens (tertiary/aromatic N) is 2. The molecule has 0 radical (unpaired) electrons. The van der Waals surface area contributed by atoms with Crippen molar-refractivity contribution < 1.29 is 19.1 Å². The third kappa shape index (κ3) is 3.30. The highest BCUT2D eigenvalue weighted by Gasteiger charge is 2.15. The first kappa shape index (κ1) is 15.4. The number of hydrogen-bond donors (Lipinski definition) is 1. The molecule has 0 saturated carbocycles. The molecule has 0 aromatic heterocycles. The Morgan fingerprint density at radius 2 is 2.08 bits per heavy atom. The van der Waals surface area contributed by atoms with Crippen molar-refractivity contribution in [1.82, 2.24) is 0 Å². The fraction of sp³-hybridized carbons (Fsp3) is 0.188. The molecular formula is C16H13N3O5. The van der Waals surface area contributed by atoms with Gasteiger partial charge in [0.25, 0.3) is 5.69 Å². The number of anilines is 1. The van der Waals surface area contributed by atoms with Gasteiger partial charge in [-0.3, -0.25) is 10.1 Å². The molecule has 0 aliphatic carbocycles. The number of nitro benzene ring substituents is 1. The molecular weight excluding hydrogens is 314 g/mol. The SMILES string of the molecule is N#Cc1ccc(NCCOc2ccc3c(c2)OCO3)c([N+](=O)[O-])c1. The maximum absolute atomic E-state index is 11.1. The van der Waals surface area contributed by atoms with Crippen LogP contribution >= 0.6 is 0 Å². The Hall–Kier alpha value is -3.47. The summed E-state index contributed by atoms with van der Waals surface area (Å²) in [6.07, 6.45) is 0. The molecule has 0 amide bonds. The molecule has 1 heterocycles. The second-order valence-corrected chi connectivity index (χ2v) is 4.89. The lowest BCUT2D eigenvalue weighted by Crippen LogP contribution is -2.12.